The lowest BCUT2D eigenvalue weighted by Crippen LogP contribution is -2.23. The molecule has 0 aliphatic rings. The van der Waals surface area contributed by atoms with Crippen LogP contribution in [0.2, 0.25) is 0 Å². The summed E-state index contributed by atoms with van der Waals surface area (Å²) >= 11 is 3.35. The van der Waals surface area contributed by atoms with E-state index in [9.17, 15) is 10.1 Å². The molecule has 0 spiro atoms. The predicted molar refractivity (Wildman–Crippen MR) is 102 cm³/mol. The number of hydrogen-bond acceptors (Lipinski definition) is 4. The second-order valence-corrected chi connectivity index (χ2v) is 6.27. The second kappa shape index (κ2) is 9.60. The van der Waals surface area contributed by atoms with Gasteiger partial charge in [-0.3, -0.25) is 9.78 Å². The molecule has 0 saturated carbocycles. The first-order valence-corrected chi connectivity index (χ1v) is 8.73. The van der Waals surface area contributed by atoms with Gasteiger partial charge < -0.3 is 10.2 Å². The highest BCUT2D eigenvalue weighted by molar-refractivity contribution is 9.10. The van der Waals surface area contributed by atoms with Gasteiger partial charge in [0.15, 0.2) is 0 Å². The maximum Gasteiger partial charge on any atom is 0.267 e. The molecule has 0 aliphatic carbocycles. The Balaban J connectivity index is 2.01. The van der Waals surface area contributed by atoms with Gasteiger partial charge in [-0.1, -0.05) is 15.9 Å². The minimum absolute atomic E-state index is 0.0829. The molecule has 1 heterocycles. The lowest BCUT2D eigenvalue weighted by atomic mass is 10.2. The fourth-order valence-corrected chi connectivity index (χ4v) is 2.45. The van der Waals surface area contributed by atoms with Crippen LogP contribution < -0.4 is 5.32 Å². The third kappa shape index (κ3) is 6.05. The van der Waals surface area contributed by atoms with Crippen molar-refractivity contribution >= 4 is 27.5 Å². The molecule has 0 radical (unpaired) electrons. The standard InChI is InChI=1S/C19H19BrN4O/c1-2-24(12-9-15-7-10-22-11-8-15)14-16(13-21)19(25)23-18-5-3-17(20)4-6-18/h3-8,10-11,14H,2,9,12H2,1H3,(H,23,25)/b16-14-. The van der Waals surface area contributed by atoms with Crippen LogP contribution in [-0.2, 0) is 11.2 Å². The Morgan fingerprint density at radius 1 is 1.28 bits per heavy atom. The van der Waals surface area contributed by atoms with Gasteiger partial charge >= 0.3 is 0 Å². The number of carbonyl (C=O) groups is 1. The summed E-state index contributed by atoms with van der Waals surface area (Å²) in [6.07, 6.45) is 5.96. The largest absolute Gasteiger partial charge is 0.376 e. The molecule has 25 heavy (non-hydrogen) atoms. The predicted octanol–water partition coefficient (Wildman–Crippen LogP) is 3.75. The zero-order chi connectivity index (χ0) is 18.1. The van der Waals surface area contributed by atoms with E-state index in [0.29, 0.717) is 12.2 Å². The van der Waals surface area contributed by atoms with Crippen molar-refractivity contribution in [2.24, 2.45) is 0 Å². The number of hydrogen-bond donors (Lipinski definition) is 1. The summed E-state index contributed by atoms with van der Waals surface area (Å²) in [5, 5.41) is 12.1. The van der Waals surface area contributed by atoms with E-state index in [1.807, 2.05) is 42.2 Å². The molecule has 1 amide bonds. The summed E-state index contributed by atoms with van der Waals surface area (Å²) in [5.41, 5.74) is 1.90. The molecule has 0 unspecified atom stereocenters. The van der Waals surface area contributed by atoms with Crippen LogP contribution in [0, 0.1) is 11.3 Å². The number of pyridine rings is 1. The average molecular weight is 399 g/mol. The molecule has 1 aromatic carbocycles. The molecule has 128 valence electrons. The number of anilines is 1. The Labute approximate surface area is 156 Å². The van der Waals surface area contributed by atoms with Crippen LogP contribution in [0.5, 0.6) is 0 Å². The third-order valence-electron chi connectivity index (χ3n) is 3.62. The Kier molecular flexibility index (Phi) is 7.17. The van der Waals surface area contributed by atoms with Crippen molar-refractivity contribution in [3.8, 4) is 6.07 Å². The summed E-state index contributed by atoms with van der Waals surface area (Å²) in [6.45, 7) is 3.42. The Bertz CT molecular complexity index is 766. The highest BCUT2D eigenvalue weighted by Crippen LogP contribution is 2.15. The maximum atomic E-state index is 12.3. The molecule has 6 heteroatoms. The van der Waals surface area contributed by atoms with Crippen LogP contribution in [0.3, 0.4) is 0 Å². The molecule has 0 atom stereocenters. The number of carbonyl (C=O) groups excluding carboxylic acids is 1. The lowest BCUT2D eigenvalue weighted by Gasteiger charge is -2.18. The van der Waals surface area contributed by atoms with Gasteiger partial charge in [0.25, 0.3) is 5.91 Å². The number of nitrogens with one attached hydrogen (secondary N) is 1. The van der Waals surface area contributed by atoms with Crippen molar-refractivity contribution in [1.82, 2.24) is 9.88 Å². The molecule has 0 fully saturated rings. The molecule has 0 saturated heterocycles. The Morgan fingerprint density at radius 3 is 2.56 bits per heavy atom. The highest BCUT2D eigenvalue weighted by Gasteiger charge is 2.11. The van der Waals surface area contributed by atoms with Crippen molar-refractivity contribution in [3.63, 3.8) is 0 Å². The van der Waals surface area contributed by atoms with E-state index in [2.05, 4.69) is 26.2 Å². The summed E-state index contributed by atoms with van der Waals surface area (Å²) in [6, 6.07) is 13.1. The van der Waals surface area contributed by atoms with Crippen LogP contribution >= 0.6 is 15.9 Å². The first-order valence-electron chi connectivity index (χ1n) is 7.94. The van der Waals surface area contributed by atoms with Crippen molar-refractivity contribution in [1.29, 1.82) is 5.26 Å². The molecule has 0 bridgehead atoms. The summed E-state index contributed by atoms with van der Waals surface area (Å²) in [5.74, 6) is -0.410. The van der Waals surface area contributed by atoms with Gasteiger partial charge in [0, 0.05) is 41.8 Å². The molecule has 5 nitrogen and oxygen atoms in total. The van der Waals surface area contributed by atoms with Crippen molar-refractivity contribution < 1.29 is 4.79 Å². The summed E-state index contributed by atoms with van der Waals surface area (Å²) < 4.78 is 0.926. The molecule has 0 aliphatic heterocycles. The van der Waals surface area contributed by atoms with Crippen LogP contribution in [0.1, 0.15) is 12.5 Å². The number of benzene rings is 1. The smallest absolute Gasteiger partial charge is 0.267 e. The number of rotatable bonds is 7. The first-order chi connectivity index (χ1) is 12.1. The fraction of sp³-hybridized carbons (Fsp3) is 0.211. The molecule has 1 N–H and O–H groups in total. The normalized spacial score (nSPS) is 10.8. The number of halogens is 1. The Hall–Kier alpha value is -2.65. The lowest BCUT2D eigenvalue weighted by molar-refractivity contribution is -0.112. The quantitative estimate of drug-likeness (QED) is 0.569. The highest BCUT2D eigenvalue weighted by atomic mass is 79.9. The van der Waals surface area contributed by atoms with Gasteiger partial charge in [-0.05, 0) is 55.3 Å². The van der Waals surface area contributed by atoms with Crippen LogP contribution in [0.15, 0.2) is 65.0 Å². The summed E-state index contributed by atoms with van der Waals surface area (Å²) in [7, 11) is 0. The Morgan fingerprint density at radius 2 is 1.96 bits per heavy atom. The summed E-state index contributed by atoms with van der Waals surface area (Å²) in [4.78, 5) is 18.3. The average Bonchev–Trinajstić information content (AvgIpc) is 2.64. The number of nitriles is 1. The van der Waals surface area contributed by atoms with Crippen molar-refractivity contribution in [3.05, 3.63) is 70.6 Å². The van der Waals surface area contributed by atoms with Gasteiger partial charge in [0.05, 0.1) is 0 Å². The van der Waals surface area contributed by atoms with E-state index in [1.54, 1.807) is 30.7 Å². The molecule has 1 aromatic heterocycles. The van der Waals surface area contributed by atoms with E-state index < -0.39 is 5.91 Å². The second-order valence-electron chi connectivity index (χ2n) is 5.35. The SMILES string of the molecule is CCN(/C=C(/C#N)C(=O)Nc1ccc(Br)cc1)CCc1ccncc1. The van der Waals surface area contributed by atoms with Crippen molar-refractivity contribution in [2.75, 3.05) is 18.4 Å². The van der Waals surface area contributed by atoms with Gasteiger partial charge in [0.2, 0.25) is 0 Å². The van der Waals surface area contributed by atoms with Crippen molar-refractivity contribution in [2.45, 2.75) is 13.3 Å². The maximum absolute atomic E-state index is 12.3. The number of likely N-dealkylation sites (N-methyl/N-ethyl adjacent to an activating group) is 1. The van der Waals surface area contributed by atoms with E-state index in [1.165, 1.54) is 5.56 Å². The number of aromatic nitrogens is 1. The fourth-order valence-electron chi connectivity index (χ4n) is 2.19. The van der Waals surface area contributed by atoms with E-state index in [0.717, 1.165) is 17.4 Å². The van der Waals surface area contributed by atoms with Crippen LogP contribution in [0.4, 0.5) is 5.69 Å². The van der Waals surface area contributed by atoms with Crippen LogP contribution in [-0.4, -0.2) is 28.9 Å². The van der Waals surface area contributed by atoms with Crippen LogP contribution in [0.25, 0.3) is 0 Å². The van der Waals surface area contributed by atoms with E-state index in [4.69, 9.17) is 0 Å². The van der Waals surface area contributed by atoms with E-state index >= 15 is 0 Å². The van der Waals surface area contributed by atoms with Gasteiger partial charge in [-0.15, -0.1) is 0 Å². The van der Waals surface area contributed by atoms with Gasteiger partial charge in [-0.2, -0.15) is 5.26 Å². The first kappa shape index (κ1) is 18.7. The molecule has 2 aromatic rings. The molecular weight excluding hydrogens is 380 g/mol. The molecular formula is C19H19BrN4O. The topological polar surface area (TPSA) is 69.0 Å². The number of nitrogens with zero attached hydrogens (tertiary/aromatic N) is 3. The van der Waals surface area contributed by atoms with Gasteiger partial charge in [0.1, 0.15) is 11.6 Å². The molecule has 2 rings (SSSR count). The third-order valence-corrected chi connectivity index (χ3v) is 4.15. The minimum Gasteiger partial charge on any atom is -0.376 e. The number of amides is 1. The zero-order valence-electron chi connectivity index (χ0n) is 13.9. The van der Waals surface area contributed by atoms with E-state index in [-0.39, 0.29) is 5.57 Å². The monoisotopic (exact) mass is 398 g/mol. The van der Waals surface area contributed by atoms with Gasteiger partial charge in [-0.25, -0.2) is 0 Å². The minimum atomic E-state index is -0.410. The zero-order valence-corrected chi connectivity index (χ0v) is 15.5.